The standard InChI is InChI=1S/C13H15ClF2N2O2.ClH/c14-9-7-8(3-4-10(9)20-12(15)16)18-11(19)13(17)5-1-2-6-13;/h3-4,7,12H,1-2,5-6,17H2,(H,18,19);1H. The lowest BCUT2D eigenvalue weighted by molar-refractivity contribution is -0.121. The number of alkyl halides is 2. The van der Waals surface area contributed by atoms with E-state index in [0.717, 1.165) is 12.8 Å². The number of rotatable bonds is 4. The largest absolute Gasteiger partial charge is 0.433 e. The van der Waals surface area contributed by atoms with Crippen LogP contribution in [0, 0.1) is 0 Å². The van der Waals surface area contributed by atoms with Crippen LogP contribution in [0.1, 0.15) is 25.7 Å². The Hall–Kier alpha value is -1.11. The van der Waals surface area contributed by atoms with Crippen LogP contribution in [-0.2, 0) is 4.79 Å². The molecule has 3 N–H and O–H groups in total. The Morgan fingerprint density at radius 2 is 2.00 bits per heavy atom. The normalized spacial score (nSPS) is 16.4. The molecule has 1 aromatic carbocycles. The van der Waals surface area contributed by atoms with E-state index in [4.69, 9.17) is 17.3 Å². The summed E-state index contributed by atoms with van der Waals surface area (Å²) in [7, 11) is 0. The van der Waals surface area contributed by atoms with Gasteiger partial charge in [0, 0.05) is 5.69 Å². The van der Waals surface area contributed by atoms with Crippen molar-refractivity contribution in [3.63, 3.8) is 0 Å². The molecule has 0 spiro atoms. The maximum atomic E-state index is 12.1. The van der Waals surface area contributed by atoms with E-state index in [-0.39, 0.29) is 29.1 Å². The number of carbonyl (C=O) groups is 1. The summed E-state index contributed by atoms with van der Waals surface area (Å²) < 4.78 is 28.4. The van der Waals surface area contributed by atoms with Gasteiger partial charge in [0.25, 0.3) is 0 Å². The van der Waals surface area contributed by atoms with E-state index in [9.17, 15) is 13.6 Å². The van der Waals surface area contributed by atoms with Crippen molar-refractivity contribution in [2.75, 3.05) is 5.32 Å². The summed E-state index contributed by atoms with van der Waals surface area (Å²) in [5.74, 6) is -0.420. The highest BCUT2D eigenvalue weighted by molar-refractivity contribution is 6.32. The molecule has 2 rings (SSSR count). The van der Waals surface area contributed by atoms with Gasteiger partial charge >= 0.3 is 6.61 Å². The minimum atomic E-state index is -2.95. The van der Waals surface area contributed by atoms with Crippen LogP contribution in [0.5, 0.6) is 5.75 Å². The minimum Gasteiger partial charge on any atom is -0.433 e. The molecule has 8 heteroatoms. The first-order valence-electron chi connectivity index (χ1n) is 6.25. The average Bonchev–Trinajstić information content (AvgIpc) is 2.81. The van der Waals surface area contributed by atoms with Crippen molar-refractivity contribution in [1.82, 2.24) is 0 Å². The molecule has 1 aliphatic rings. The van der Waals surface area contributed by atoms with Crippen LogP contribution >= 0.6 is 24.0 Å². The number of anilines is 1. The molecule has 1 amide bonds. The number of nitrogens with two attached hydrogens (primary N) is 1. The number of halogens is 4. The van der Waals surface area contributed by atoms with Crippen LogP contribution in [-0.4, -0.2) is 18.1 Å². The topological polar surface area (TPSA) is 64.4 Å². The zero-order chi connectivity index (χ0) is 14.8. The smallest absolute Gasteiger partial charge is 0.387 e. The van der Waals surface area contributed by atoms with Crippen molar-refractivity contribution in [2.45, 2.75) is 37.8 Å². The minimum absolute atomic E-state index is 0. The maximum absolute atomic E-state index is 12.1. The summed E-state index contributed by atoms with van der Waals surface area (Å²) in [6.45, 7) is -2.95. The molecule has 1 saturated carbocycles. The SMILES string of the molecule is Cl.NC1(C(=O)Nc2ccc(OC(F)F)c(Cl)c2)CCCC1. The summed E-state index contributed by atoms with van der Waals surface area (Å²) in [6, 6.07) is 4.08. The molecule has 0 aromatic heterocycles. The third kappa shape index (κ3) is 4.43. The van der Waals surface area contributed by atoms with Crippen LogP contribution in [0.25, 0.3) is 0 Å². The summed E-state index contributed by atoms with van der Waals surface area (Å²) in [5.41, 5.74) is 5.56. The molecule has 1 aliphatic carbocycles. The monoisotopic (exact) mass is 340 g/mol. The molecule has 21 heavy (non-hydrogen) atoms. The molecule has 0 heterocycles. The predicted molar refractivity (Wildman–Crippen MR) is 79.3 cm³/mol. The Balaban J connectivity index is 0.00000220. The molecule has 1 fully saturated rings. The lowest BCUT2D eigenvalue weighted by atomic mass is 9.98. The Morgan fingerprint density at radius 3 is 2.52 bits per heavy atom. The lowest BCUT2D eigenvalue weighted by Gasteiger charge is -2.22. The Labute approximate surface area is 132 Å². The van der Waals surface area contributed by atoms with E-state index in [2.05, 4.69) is 10.1 Å². The number of carbonyl (C=O) groups excluding carboxylic acids is 1. The van der Waals surface area contributed by atoms with Gasteiger partial charge in [0.15, 0.2) is 0 Å². The van der Waals surface area contributed by atoms with E-state index >= 15 is 0 Å². The highest BCUT2D eigenvalue weighted by Gasteiger charge is 2.37. The Morgan fingerprint density at radius 1 is 1.38 bits per heavy atom. The summed E-state index contributed by atoms with van der Waals surface area (Å²) in [4.78, 5) is 12.1. The quantitative estimate of drug-likeness (QED) is 0.880. The average molecular weight is 341 g/mol. The molecular formula is C13H16Cl2F2N2O2. The van der Waals surface area contributed by atoms with E-state index in [0.29, 0.717) is 18.5 Å². The molecule has 0 aliphatic heterocycles. The van der Waals surface area contributed by atoms with Crippen LogP contribution in [0.2, 0.25) is 5.02 Å². The Kier molecular flexibility index (Phi) is 6.19. The van der Waals surface area contributed by atoms with Gasteiger partial charge in [0.2, 0.25) is 5.91 Å². The maximum Gasteiger partial charge on any atom is 0.387 e. The van der Waals surface area contributed by atoms with E-state index < -0.39 is 12.2 Å². The molecule has 0 bridgehead atoms. The van der Waals surface area contributed by atoms with Crippen LogP contribution in [0.15, 0.2) is 18.2 Å². The summed E-state index contributed by atoms with van der Waals surface area (Å²) in [5, 5.41) is 2.65. The molecule has 1 aromatic rings. The van der Waals surface area contributed by atoms with Crippen molar-refractivity contribution >= 4 is 35.6 Å². The highest BCUT2D eigenvalue weighted by Crippen LogP contribution is 2.31. The lowest BCUT2D eigenvalue weighted by Crippen LogP contribution is -2.48. The van der Waals surface area contributed by atoms with Gasteiger partial charge in [0.05, 0.1) is 10.6 Å². The molecule has 118 valence electrons. The second-order valence-electron chi connectivity index (χ2n) is 4.84. The number of nitrogens with one attached hydrogen (secondary N) is 1. The van der Waals surface area contributed by atoms with Gasteiger partial charge in [-0.15, -0.1) is 12.4 Å². The third-order valence-electron chi connectivity index (χ3n) is 3.35. The van der Waals surface area contributed by atoms with Crippen molar-refractivity contribution < 1.29 is 18.3 Å². The van der Waals surface area contributed by atoms with Gasteiger partial charge in [-0.3, -0.25) is 4.79 Å². The van der Waals surface area contributed by atoms with Gasteiger partial charge in [-0.25, -0.2) is 0 Å². The first-order valence-corrected chi connectivity index (χ1v) is 6.63. The molecule has 0 unspecified atom stereocenters. The summed E-state index contributed by atoms with van der Waals surface area (Å²) in [6.07, 6.45) is 3.12. The molecule has 4 nitrogen and oxygen atoms in total. The molecular weight excluding hydrogens is 325 g/mol. The molecule has 0 saturated heterocycles. The fraction of sp³-hybridized carbons (Fsp3) is 0.462. The first-order chi connectivity index (χ1) is 9.40. The summed E-state index contributed by atoms with van der Waals surface area (Å²) >= 11 is 5.81. The number of amides is 1. The van der Waals surface area contributed by atoms with E-state index in [1.54, 1.807) is 0 Å². The van der Waals surface area contributed by atoms with Crippen molar-refractivity contribution in [2.24, 2.45) is 5.73 Å². The zero-order valence-corrected chi connectivity index (χ0v) is 12.6. The number of hydrogen-bond donors (Lipinski definition) is 2. The zero-order valence-electron chi connectivity index (χ0n) is 11.1. The van der Waals surface area contributed by atoms with Crippen molar-refractivity contribution in [3.05, 3.63) is 23.2 Å². The van der Waals surface area contributed by atoms with Crippen LogP contribution < -0.4 is 15.8 Å². The number of hydrogen-bond acceptors (Lipinski definition) is 3. The second-order valence-corrected chi connectivity index (χ2v) is 5.25. The first kappa shape index (κ1) is 17.9. The predicted octanol–water partition coefficient (Wildman–Crippen LogP) is 3.57. The fourth-order valence-corrected chi connectivity index (χ4v) is 2.48. The third-order valence-corrected chi connectivity index (χ3v) is 3.65. The molecule has 0 atom stereocenters. The number of benzene rings is 1. The second kappa shape index (κ2) is 7.24. The Bertz CT molecular complexity index is 509. The van der Waals surface area contributed by atoms with E-state index in [1.807, 2.05) is 0 Å². The van der Waals surface area contributed by atoms with Crippen molar-refractivity contribution in [1.29, 1.82) is 0 Å². The van der Waals surface area contributed by atoms with Gasteiger partial charge in [-0.1, -0.05) is 24.4 Å². The van der Waals surface area contributed by atoms with Gasteiger partial charge in [-0.2, -0.15) is 8.78 Å². The van der Waals surface area contributed by atoms with Gasteiger partial charge in [0.1, 0.15) is 5.75 Å². The molecule has 0 radical (unpaired) electrons. The number of ether oxygens (including phenoxy) is 1. The van der Waals surface area contributed by atoms with Gasteiger partial charge in [-0.05, 0) is 31.0 Å². The van der Waals surface area contributed by atoms with Crippen LogP contribution in [0.4, 0.5) is 14.5 Å². The van der Waals surface area contributed by atoms with E-state index in [1.165, 1.54) is 18.2 Å². The fourth-order valence-electron chi connectivity index (χ4n) is 2.26. The van der Waals surface area contributed by atoms with Gasteiger partial charge < -0.3 is 15.8 Å². The van der Waals surface area contributed by atoms with Crippen LogP contribution in [0.3, 0.4) is 0 Å². The highest BCUT2D eigenvalue weighted by atomic mass is 35.5. The van der Waals surface area contributed by atoms with Crippen molar-refractivity contribution in [3.8, 4) is 5.75 Å².